The SMILES string of the molecule is CC(C)CNCc1cn(CCCCC#N)c2ncccc12. The number of unbranched alkanes of at least 4 members (excludes halogenated alkanes) is 2. The normalized spacial score (nSPS) is 11.1. The second kappa shape index (κ2) is 7.80. The Labute approximate surface area is 126 Å². The van der Waals surface area contributed by atoms with Crippen molar-refractivity contribution in [1.29, 1.82) is 5.26 Å². The van der Waals surface area contributed by atoms with E-state index in [1.807, 2.05) is 12.3 Å². The highest BCUT2D eigenvalue weighted by molar-refractivity contribution is 5.80. The molecule has 4 nitrogen and oxygen atoms in total. The Hall–Kier alpha value is -1.86. The van der Waals surface area contributed by atoms with E-state index in [0.717, 1.165) is 38.1 Å². The van der Waals surface area contributed by atoms with Crippen LogP contribution in [0.15, 0.2) is 24.5 Å². The fourth-order valence-corrected chi connectivity index (χ4v) is 2.49. The average molecular weight is 284 g/mol. The average Bonchev–Trinajstić information content (AvgIpc) is 2.82. The standard InChI is InChI=1S/C17H24N4/c1-14(2)11-19-12-15-13-21(10-5-3-4-8-18)17-16(15)7-6-9-20-17/h6-7,9,13-14,19H,3-5,10-12H2,1-2H3. The lowest BCUT2D eigenvalue weighted by Gasteiger charge is -2.06. The van der Waals surface area contributed by atoms with Gasteiger partial charge in [-0.05, 0) is 43.0 Å². The Balaban J connectivity index is 2.09. The lowest BCUT2D eigenvalue weighted by molar-refractivity contribution is 0.552. The van der Waals surface area contributed by atoms with Crippen molar-refractivity contribution in [3.63, 3.8) is 0 Å². The molecule has 2 aromatic heterocycles. The van der Waals surface area contributed by atoms with Gasteiger partial charge in [0.15, 0.2) is 0 Å². The molecule has 0 amide bonds. The van der Waals surface area contributed by atoms with Gasteiger partial charge in [-0.2, -0.15) is 5.26 Å². The second-order valence-electron chi connectivity index (χ2n) is 5.86. The molecule has 0 bridgehead atoms. The lowest BCUT2D eigenvalue weighted by atomic mass is 10.2. The van der Waals surface area contributed by atoms with Gasteiger partial charge in [-0.1, -0.05) is 13.8 Å². The second-order valence-corrected chi connectivity index (χ2v) is 5.86. The van der Waals surface area contributed by atoms with Crippen LogP contribution in [-0.4, -0.2) is 16.1 Å². The van der Waals surface area contributed by atoms with E-state index in [9.17, 15) is 0 Å². The van der Waals surface area contributed by atoms with Gasteiger partial charge in [0.25, 0.3) is 0 Å². The van der Waals surface area contributed by atoms with Crippen LogP contribution in [0, 0.1) is 17.2 Å². The number of aromatic nitrogens is 2. The van der Waals surface area contributed by atoms with Gasteiger partial charge in [-0.25, -0.2) is 4.98 Å². The Morgan fingerprint density at radius 3 is 3.00 bits per heavy atom. The van der Waals surface area contributed by atoms with E-state index in [1.165, 1.54) is 10.9 Å². The summed E-state index contributed by atoms with van der Waals surface area (Å²) in [5, 5.41) is 13.3. The number of fused-ring (bicyclic) bond motifs is 1. The first-order chi connectivity index (χ1) is 10.2. The predicted molar refractivity (Wildman–Crippen MR) is 85.7 cm³/mol. The summed E-state index contributed by atoms with van der Waals surface area (Å²) >= 11 is 0. The van der Waals surface area contributed by atoms with Crippen LogP contribution in [0.25, 0.3) is 11.0 Å². The highest BCUT2D eigenvalue weighted by atomic mass is 15.0. The number of aryl methyl sites for hydroxylation is 1. The zero-order chi connectivity index (χ0) is 15.1. The van der Waals surface area contributed by atoms with Gasteiger partial charge in [0, 0.05) is 37.3 Å². The van der Waals surface area contributed by atoms with Crippen LogP contribution >= 0.6 is 0 Å². The minimum absolute atomic E-state index is 0.634. The van der Waals surface area contributed by atoms with Gasteiger partial charge in [0.05, 0.1) is 6.07 Å². The van der Waals surface area contributed by atoms with Crippen LogP contribution in [0.3, 0.4) is 0 Å². The number of rotatable bonds is 8. The Morgan fingerprint density at radius 1 is 1.38 bits per heavy atom. The molecule has 2 heterocycles. The molecular weight excluding hydrogens is 260 g/mol. The van der Waals surface area contributed by atoms with Gasteiger partial charge in [0.2, 0.25) is 0 Å². The van der Waals surface area contributed by atoms with E-state index in [2.05, 4.69) is 47.0 Å². The largest absolute Gasteiger partial charge is 0.332 e. The summed E-state index contributed by atoms with van der Waals surface area (Å²) in [6, 6.07) is 6.33. The first-order valence-corrected chi connectivity index (χ1v) is 7.72. The maximum absolute atomic E-state index is 8.60. The molecule has 0 aliphatic heterocycles. The Morgan fingerprint density at radius 2 is 2.24 bits per heavy atom. The maximum Gasteiger partial charge on any atom is 0.140 e. The van der Waals surface area contributed by atoms with Crippen molar-refractivity contribution in [2.45, 2.75) is 46.2 Å². The number of hydrogen-bond acceptors (Lipinski definition) is 3. The van der Waals surface area contributed by atoms with E-state index in [-0.39, 0.29) is 0 Å². The summed E-state index contributed by atoms with van der Waals surface area (Å²) in [6.07, 6.45) is 6.66. The van der Waals surface area contributed by atoms with Crippen LogP contribution < -0.4 is 5.32 Å². The summed E-state index contributed by atoms with van der Waals surface area (Å²) in [7, 11) is 0. The van der Waals surface area contributed by atoms with Gasteiger partial charge in [-0.3, -0.25) is 0 Å². The maximum atomic E-state index is 8.60. The van der Waals surface area contributed by atoms with Crippen LogP contribution in [0.5, 0.6) is 0 Å². The van der Waals surface area contributed by atoms with Crippen LogP contribution in [0.4, 0.5) is 0 Å². The van der Waals surface area contributed by atoms with Crippen molar-refractivity contribution in [3.05, 3.63) is 30.1 Å². The molecular formula is C17H24N4. The molecule has 0 spiro atoms. The third-order valence-electron chi connectivity index (χ3n) is 3.52. The highest BCUT2D eigenvalue weighted by Crippen LogP contribution is 2.20. The monoisotopic (exact) mass is 284 g/mol. The zero-order valence-electron chi connectivity index (χ0n) is 13.0. The summed E-state index contributed by atoms with van der Waals surface area (Å²) < 4.78 is 2.22. The Bertz CT molecular complexity index is 607. The number of nitriles is 1. The van der Waals surface area contributed by atoms with Crippen LogP contribution in [0.2, 0.25) is 0 Å². The van der Waals surface area contributed by atoms with Crippen molar-refractivity contribution >= 4 is 11.0 Å². The van der Waals surface area contributed by atoms with Gasteiger partial charge in [0.1, 0.15) is 5.65 Å². The number of pyridine rings is 1. The summed E-state index contributed by atoms with van der Waals surface area (Å²) in [6.45, 7) is 7.26. The number of nitrogens with zero attached hydrogens (tertiary/aromatic N) is 3. The fraction of sp³-hybridized carbons (Fsp3) is 0.529. The minimum Gasteiger partial charge on any atom is -0.332 e. The van der Waals surface area contributed by atoms with Crippen LogP contribution in [-0.2, 0) is 13.1 Å². The summed E-state index contributed by atoms with van der Waals surface area (Å²) in [5.74, 6) is 0.655. The smallest absolute Gasteiger partial charge is 0.140 e. The Kier molecular flexibility index (Phi) is 5.77. The van der Waals surface area contributed by atoms with E-state index < -0.39 is 0 Å². The molecule has 0 aromatic carbocycles. The summed E-state index contributed by atoms with van der Waals surface area (Å²) in [4.78, 5) is 4.51. The fourth-order valence-electron chi connectivity index (χ4n) is 2.49. The first kappa shape index (κ1) is 15.5. The van der Waals surface area contributed by atoms with Crippen molar-refractivity contribution in [2.24, 2.45) is 5.92 Å². The molecule has 21 heavy (non-hydrogen) atoms. The van der Waals surface area contributed by atoms with E-state index >= 15 is 0 Å². The molecule has 0 aliphatic rings. The third-order valence-corrected chi connectivity index (χ3v) is 3.52. The lowest BCUT2D eigenvalue weighted by Crippen LogP contribution is -2.18. The van der Waals surface area contributed by atoms with E-state index in [0.29, 0.717) is 12.3 Å². The molecule has 0 unspecified atom stereocenters. The minimum atomic E-state index is 0.634. The molecule has 0 atom stereocenters. The van der Waals surface area contributed by atoms with E-state index in [4.69, 9.17) is 5.26 Å². The predicted octanol–water partition coefficient (Wildman–Crippen LogP) is 3.48. The molecule has 112 valence electrons. The molecule has 2 rings (SSSR count). The molecule has 0 saturated heterocycles. The number of nitrogens with one attached hydrogen (secondary N) is 1. The molecule has 1 N–H and O–H groups in total. The molecule has 4 heteroatoms. The van der Waals surface area contributed by atoms with Crippen molar-refractivity contribution < 1.29 is 0 Å². The van der Waals surface area contributed by atoms with Gasteiger partial charge in [-0.15, -0.1) is 0 Å². The highest BCUT2D eigenvalue weighted by Gasteiger charge is 2.09. The van der Waals surface area contributed by atoms with Crippen molar-refractivity contribution in [2.75, 3.05) is 6.54 Å². The molecule has 2 aromatic rings. The number of hydrogen-bond donors (Lipinski definition) is 1. The quantitative estimate of drug-likeness (QED) is 0.755. The van der Waals surface area contributed by atoms with Crippen LogP contribution in [0.1, 0.15) is 38.7 Å². The van der Waals surface area contributed by atoms with Gasteiger partial charge >= 0.3 is 0 Å². The van der Waals surface area contributed by atoms with Gasteiger partial charge < -0.3 is 9.88 Å². The zero-order valence-corrected chi connectivity index (χ0v) is 13.0. The van der Waals surface area contributed by atoms with E-state index in [1.54, 1.807) is 0 Å². The third kappa shape index (κ3) is 4.30. The van der Waals surface area contributed by atoms with Crippen molar-refractivity contribution in [1.82, 2.24) is 14.9 Å². The first-order valence-electron chi connectivity index (χ1n) is 7.72. The molecule has 0 saturated carbocycles. The molecule has 0 fully saturated rings. The summed E-state index contributed by atoms with van der Waals surface area (Å²) in [5.41, 5.74) is 2.36. The van der Waals surface area contributed by atoms with Crippen molar-refractivity contribution in [3.8, 4) is 6.07 Å². The molecule has 0 aliphatic carbocycles. The molecule has 0 radical (unpaired) electrons. The topological polar surface area (TPSA) is 53.6 Å².